The van der Waals surface area contributed by atoms with Gasteiger partial charge in [0.25, 0.3) is 0 Å². The molecule has 0 saturated carbocycles. The van der Waals surface area contributed by atoms with Crippen molar-refractivity contribution in [2.24, 2.45) is 11.8 Å². The number of benzene rings is 7. The van der Waals surface area contributed by atoms with E-state index in [4.69, 9.17) is 19.4 Å². The Morgan fingerprint density at radius 2 is 0.814 bits per heavy atom. The first-order valence-corrected chi connectivity index (χ1v) is 20.1. The van der Waals surface area contributed by atoms with Crippen LogP contribution in [0.3, 0.4) is 0 Å². The van der Waals surface area contributed by atoms with Crippen molar-refractivity contribution in [1.29, 1.82) is 0 Å². The van der Waals surface area contributed by atoms with Crippen LogP contribution < -0.4 is 0 Å². The second kappa shape index (κ2) is 14.7. The second-order valence-corrected chi connectivity index (χ2v) is 15.1. The van der Waals surface area contributed by atoms with Crippen LogP contribution in [0.4, 0.5) is 0 Å². The molecule has 0 aliphatic heterocycles. The minimum Gasteiger partial charge on any atom is -0.456 e. The number of para-hydroxylation sites is 1. The summed E-state index contributed by atoms with van der Waals surface area (Å²) in [6.07, 6.45) is 14.0. The lowest BCUT2D eigenvalue weighted by molar-refractivity contribution is 0.665. The highest BCUT2D eigenvalue weighted by Gasteiger charge is 2.26. The molecule has 0 saturated heterocycles. The summed E-state index contributed by atoms with van der Waals surface area (Å²) < 4.78 is 6.51. The van der Waals surface area contributed by atoms with E-state index in [9.17, 15) is 0 Å². The summed E-state index contributed by atoms with van der Waals surface area (Å²) in [5.74, 6) is 2.28. The van der Waals surface area contributed by atoms with Crippen LogP contribution in [0.1, 0.15) is 11.1 Å². The lowest BCUT2D eigenvalue weighted by atomic mass is 9.78. The zero-order valence-corrected chi connectivity index (χ0v) is 32.1. The van der Waals surface area contributed by atoms with Crippen molar-refractivity contribution >= 4 is 33.1 Å². The molecule has 0 fully saturated rings. The van der Waals surface area contributed by atoms with Crippen LogP contribution in [-0.4, -0.2) is 15.0 Å². The maximum atomic E-state index is 6.51. The maximum Gasteiger partial charge on any atom is 0.165 e. The molecule has 4 nitrogen and oxygen atoms in total. The van der Waals surface area contributed by atoms with Crippen LogP contribution in [0.5, 0.6) is 0 Å². The lowest BCUT2D eigenvalue weighted by Crippen LogP contribution is -2.13. The van der Waals surface area contributed by atoms with Crippen molar-refractivity contribution in [3.05, 3.63) is 224 Å². The Hall–Kier alpha value is -7.69. The number of allylic oxidation sites excluding steroid dienone is 8. The molecule has 0 radical (unpaired) electrons. The van der Waals surface area contributed by atoms with E-state index in [0.717, 1.165) is 72.0 Å². The third kappa shape index (κ3) is 6.51. The maximum absolute atomic E-state index is 6.51. The van der Waals surface area contributed by atoms with Gasteiger partial charge in [0.2, 0.25) is 0 Å². The third-order valence-corrected chi connectivity index (χ3v) is 11.5. The number of fused-ring (bicyclic) bond motifs is 4. The van der Waals surface area contributed by atoms with Crippen LogP contribution in [0, 0.1) is 11.8 Å². The number of furan rings is 1. The molecule has 2 heterocycles. The van der Waals surface area contributed by atoms with Gasteiger partial charge in [-0.05, 0) is 62.7 Å². The van der Waals surface area contributed by atoms with E-state index < -0.39 is 0 Å². The van der Waals surface area contributed by atoms with E-state index in [1.807, 2.05) is 24.3 Å². The molecule has 0 spiro atoms. The highest BCUT2D eigenvalue weighted by atomic mass is 16.3. The summed E-state index contributed by atoms with van der Waals surface area (Å²) >= 11 is 0. The average molecular weight is 756 g/mol. The Bertz CT molecular complexity index is 3020. The Morgan fingerprint density at radius 1 is 0.356 bits per heavy atom. The Labute approximate surface area is 342 Å². The molecule has 0 amide bonds. The molecule has 11 rings (SSSR count). The molecule has 2 unspecified atom stereocenters. The molecular weight excluding hydrogens is 719 g/mol. The van der Waals surface area contributed by atoms with Gasteiger partial charge in [0.15, 0.2) is 17.5 Å². The molecule has 2 aliphatic carbocycles. The molecule has 2 aromatic heterocycles. The molecule has 2 atom stereocenters. The second-order valence-electron chi connectivity index (χ2n) is 15.1. The van der Waals surface area contributed by atoms with Gasteiger partial charge in [-0.2, -0.15) is 0 Å². The SMILES string of the molecule is C1=CC2C=C(c3ccc4oc5ccccc5c4c3-c3nc(-c4ccc(-c5ccccc5)cc4)nc(-c4ccc(-c5ccccc5)cc4)n3)C=CC2C=C1c1ccccc1. The number of rotatable bonds is 7. The normalized spacial score (nSPS) is 15.9. The van der Waals surface area contributed by atoms with Crippen LogP contribution in [0.25, 0.3) is 89.5 Å². The molecule has 0 bridgehead atoms. The molecule has 278 valence electrons. The van der Waals surface area contributed by atoms with Gasteiger partial charge >= 0.3 is 0 Å². The predicted octanol–water partition coefficient (Wildman–Crippen LogP) is 13.9. The molecular formula is C55H37N3O. The molecule has 7 aromatic carbocycles. The van der Waals surface area contributed by atoms with E-state index >= 15 is 0 Å². The fraction of sp³-hybridized carbons (Fsp3) is 0.0364. The Morgan fingerprint density at radius 3 is 1.41 bits per heavy atom. The predicted molar refractivity (Wildman–Crippen MR) is 242 cm³/mol. The van der Waals surface area contributed by atoms with Gasteiger partial charge in [0.1, 0.15) is 11.2 Å². The smallest absolute Gasteiger partial charge is 0.165 e. The molecule has 2 aliphatic rings. The lowest BCUT2D eigenvalue weighted by Gasteiger charge is -2.26. The Balaban J connectivity index is 1.09. The number of aromatic nitrogens is 3. The number of nitrogens with zero attached hydrogens (tertiary/aromatic N) is 3. The van der Waals surface area contributed by atoms with Crippen LogP contribution in [0.15, 0.2) is 217 Å². The zero-order chi connectivity index (χ0) is 39.1. The van der Waals surface area contributed by atoms with Crippen molar-refractivity contribution in [2.75, 3.05) is 0 Å². The van der Waals surface area contributed by atoms with Gasteiger partial charge in [-0.25, -0.2) is 15.0 Å². The van der Waals surface area contributed by atoms with Crippen molar-refractivity contribution < 1.29 is 4.42 Å². The molecule has 0 N–H and O–H groups in total. The molecule has 9 aromatic rings. The van der Waals surface area contributed by atoms with E-state index in [1.165, 1.54) is 11.1 Å². The monoisotopic (exact) mass is 755 g/mol. The van der Waals surface area contributed by atoms with Crippen molar-refractivity contribution in [3.8, 4) is 56.4 Å². The summed E-state index contributed by atoms with van der Waals surface area (Å²) in [5, 5.41) is 2.01. The first-order valence-electron chi connectivity index (χ1n) is 20.1. The van der Waals surface area contributed by atoms with E-state index in [0.29, 0.717) is 17.5 Å². The van der Waals surface area contributed by atoms with Crippen molar-refractivity contribution in [2.45, 2.75) is 0 Å². The number of hydrogen-bond donors (Lipinski definition) is 0. The summed E-state index contributed by atoms with van der Waals surface area (Å²) in [6, 6.07) is 60.9. The van der Waals surface area contributed by atoms with Gasteiger partial charge in [0, 0.05) is 39.3 Å². The van der Waals surface area contributed by atoms with Crippen molar-refractivity contribution in [1.82, 2.24) is 15.0 Å². The fourth-order valence-corrected chi connectivity index (χ4v) is 8.47. The van der Waals surface area contributed by atoms with E-state index in [1.54, 1.807) is 0 Å². The molecule has 4 heteroatoms. The Kier molecular flexibility index (Phi) is 8.59. The third-order valence-electron chi connectivity index (χ3n) is 11.5. The van der Waals surface area contributed by atoms with Crippen LogP contribution in [-0.2, 0) is 0 Å². The van der Waals surface area contributed by atoms with Gasteiger partial charge in [0.05, 0.1) is 0 Å². The van der Waals surface area contributed by atoms with Crippen LogP contribution >= 0.6 is 0 Å². The van der Waals surface area contributed by atoms with E-state index in [2.05, 4.69) is 188 Å². The van der Waals surface area contributed by atoms with Gasteiger partial charge < -0.3 is 4.42 Å². The summed E-state index contributed by atoms with van der Waals surface area (Å²) in [7, 11) is 0. The average Bonchev–Trinajstić information content (AvgIpc) is 3.70. The van der Waals surface area contributed by atoms with Gasteiger partial charge in [-0.3, -0.25) is 0 Å². The summed E-state index contributed by atoms with van der Waals surface area (Å²) in [5.41, 5.74) is 13.6. The van der Waals surface area contributed by atoms with Crippen LogP contribution in [0.2, 0.25) is 0 Å². The minimum atomic E-state index is 0.211. The zero-order valence-electron chi connectivity index (χ0n) is 32.1. The van der Waals surface area contributed by atoms with Gasteiger partial charge in [-0.15, -0.1) is 0 Å². The summed E-state index contributed by atoms with van der Waals surface area (Å²) in [6.45, 7) is 0. The fourth-order valence-electron chi connectivity index (χ4n) is 8.47. The van der Waals surface area contributed by atoms with Gasteiger partial charge in [-0.1, -0.05) is 194 Å². The highest BCUT2D eigenvalue weighted by Crippen LogP contribution is 2.44. The highest BCUT2D eigenvalue weighted by molar-refractivity contribution is 6.14. The minimum absolute atomic E-state index is 0.211. The summed E-state index contributed by atoms with van der Waals surface area (Å²) in [4.78, 5) is 15.9. The van der Waals surface area contributed by atoms with Crippen molar-refractivity contribution in [3.63, 3.8) is 0 Å². The quantitative estimate of drug-likeness (QED) is 0.163. The first-order chi connectivity index (χ1) is 29.2. The standard InChI is InChI=1S/C55H37N3O/c1-4-12-36(13-5-1)39-20-24-41(25-21-39)53-56-54(42-26-22-40(23-27-42)37-14-6-2-7-15-37)58-55(57-53)52-47(32-33-50-51(52)48-18-10-11-19-49(48)59-50)46-31-30-44-34-43(28-29-45(44)35-46)38-16-8-3-9-17-38/h1-35,44-45H. The molecule has 59 heavy (non-hydrogen) atoms. The van der Waals surface area contributed by atoms with E-state index in [-0.39, 0.29) is 11.8 Å². The largest absolute Gasteiger partial charge is 0.456 e. The number of hydrogen-bond acceptors (Lipinski definition) is 4. The first kappa shape index (κ1) is 34.5. The topological polar surface area (TPSA) is 51.8 Å².